The van der Waals surface area contributed by atoms with Crippen LogP contribution in [0.25, 0.3) is 0 Å². The van der Waals surface area contributed by atoms with Gasteiger partial charge in [-0.3, -0.25) is 0 Å². The van der Waals surface area contributed by atoms with Crippen molar-refractivity contribution in [3.8, 4) is 0 Å². The highest BCUT2D eigenvalue weighted by molar-refractivity contribution is 6.32. The lowest BCUT2D eigenvalue weighted by atomic mass is 9.84. The molecule has 0 bridgehead atoms. The average molecular weight is 235 g/mol. The van der Waals surface area contributed by atoms with Crippen molar-refractivity contribution in [1.29, 1.82) is 0 Å². The Hall–Kier alpha value is -0.350. The summed E-state index contributed by atoms with van der Waals surface area (Å²) in [5.74, 6) is 0. The summed E-state index contributed by atoms with van der Waals surface area (Å²) in [6.45, 7) is 2.11. The predicted octanol–water partition coefficient (Wildman–Crippen LogP) is 1.60. The lowest BCUT2D eigenvalue weighted by Gasteiger charge is -2.25. The molecule has 1 rings (SSSR count). The molecule has 0 aliphatic heterocycles. The number of rotatable bonds is 3. The van der Waals surface area contributed by atoms with Gasteiger partial charge in [-0.25, -0.2) is 4.98 Å². The van der Waals surface area contributed by atoms with Gasteiger partial charge in [0.05, 0.1) is 6.61 Å². The standard InChI is InChI=1S/C9H12Cl2N2O/c1-9(4-12,5-14)6-2-7(10)13-8(11)3-6/h2-3,14H,4-5,12H2,1H3. The monoisotopic (exact) mass is 234 g/mol. The molecule has 0 aromatic carbocycles. The molecule has 0 amide bonds. The summed E-state index contributed by atoms with van der Waals surface area (Å²) in [6.07, 6.45) is 0. The van der Waals surface area contributed by atoms with Crippen LogP contribution in [-0.2, 0) is 5.41 Å². The van der Waals surface area contributed by atoms with E-state index in [0.717, 1.165) is 5.56 Å². The highest BCUT2D eigenvalue weighted by Gasteiger charge is 2.25. The van der Waals surface area contributed by atoms with Gasteiger partial charge in [0.1, 0.15) is 10.3 Å². The van der Waals surface area contributed by atoms with Crippen molar-refractivity contribution >= 4 is 23.2 Å². The lowest BCUT2D eigenvalue weighted by Crippen LogP contribution is -2.35. The highest BCUT2D eigenvalue weighted by atomic mass is 35.5. The lowest BCUT2D eigenvalue weighted by molar-refractivity contribution is 0.210. The van der Waals surface area contributed by atoms with Crippen molar-refractivity contribution in [2.75, 3.05) is 13.2 Å². The molecule has 1 aromatic rings. The third-order valence-corrected chi connectivity index (χ3v) is 2.65. The molecule has 5 heteroatoms. The van der Waals surface area contributed by atoms with Gasteiger partial charge in [-0.2, -0.15) is 0 Å². The Morgan fingerprint density at radius 3 is 2.29 bits per heavy atom. The van der Waals surface area contributed by atoms with Gasteiger partial charge in [0.25, 0.3) is 0 Å². The number of nitrogens with two attached hydrogens (primary N) is 1. The predicted molar refractivity (Wildman–Crippen MR) is 57.7 cm³/mol. The number of pyridine rings is 1. The van der Waals surface area contributed by atoms with Crippen molar-refractivity contribution in [3.63, 3.8) is 0 Å². The van der Waals surface area contributed by atoms with Gasteiger partial charge in [-0.15, -0.1) is 0 Å². The van der Waals surface area contributed by atoms with Crippen LogP contribution in [0.1, 0.15) is 12.5 Å². The molecule has 3 N–H and O–H groups in total. The first-order valence-corrected chi connectivity index (χ1v) is 4.92. The number of aromatic nitrogens is 1. The van der Waals surface area contributed by atoms with E-state index in [2.05, 4.69) is 4.98 Å². The Balaban J connectivity index is 3.17. The molecule has 0 aliphatic carbocycles. The van der Waals surface area contributed by atoms with Gasteiger partial charge in [-0.1, -0.05) is 30.1 Å². The van der Waals surface area contributed by atoms with Crippen LogP contribution in [0, 0.1) is 0 Å². The zero-order valence-corrected chi connectivity index (χ0v) is 9.31. The van der Waals surface area contributed by atoms with E-state index in [1.165, 1.54) is 0 Å². The quantitative estimate of drug-likeness (QED) is 0.782. The van der Waals surface area contributed by atoms with Crippen molar-refractivity contribution < 1.29 is 5.11 Å². The largest absolute Gasteiger partial charge is 0.395 e. The van der Waals surface area contributed by atoms with Crippen LogP contribution in [0.5, 0.6) is 0 Å². The fraction of sp³-hybridized carbons (Fsp3) is 0.444. The normalized spacial score (nSPS) is 15.2. The second kappa shape index (κ2) is 4.45. The van der Waals surface area contributed by atoms with Crippen molar-refractivity contribution in [3.05, 3.63) is 28.0 Å². The Labute approximate surface area is 92.9 Å². The molecule has 14 heavy (non-hydrogen) atoms. The number of hydrogen-bond donors (Lipinski definition) is 2. The number of aliphatic hydroxyl groups excluding tert-OH is 1. The zero-order chi connectivity index (χ0) is 10.8. The van der Waals surface area contributed by atoms with Crippen LogP contribution >= 0.6 is 23.2 Å². The summed E-state index contributed by atoms with van der Waals surface area (Å²) in [5.41, 5.74) is 5.86. The van der Waals surface area contributed by atoms with E-state index >= 15 is 0 Å². The van der Waals surface area contributed by atoms with Gasteiger partial charge in [0, 0.05) is 12.0 Å². The van der Waals surface area contributed by atoms with Crippen LogP contribution in [0.4, 0.5) is 0 Å². The average Bonchev–Trinajstić information content (AvgIpc) is 2.15. The smallest absolute Gasteiger partial charge is 0.131 e. The first-order valence-electron chi connectivity index (χ1n) is 4.16. The maximum Gasteiger partial charge on any atom is 0.131 e. The number of halogens is 2. The van der Waals surface area contributed by atoms with Gasteiger partial charge >= 0.3 is 0 Å². The van der Waals surface area contributed by atoms with Crippen LogP contribution in [0.15, 0.2) is 12.1 Å². The van der Waals surface area contributed by atoms with Crippen molar-refractivity contribution in [2.24, 2.45) is 5.73 Å². The summed E-state index contributed by atoms with van der Waals surface area (Å²) in [6, 6.07) is 3.33. The SMILES string of the molecule is CC(CN)(CO)c1cc(Cl)nc(Cl)c1. The van der Waals surface area contributed by atoms with E-state index in [4.69, 9.17) is 28.9 Å². The summed E-state index contributed by atoms with van der Waals surface area (Å²) >= 11 is 11.5. The highest BCUT2D eigenvalue weighted by Crippen LogP contribution is 2.26. The number of hydrogen-bond acceptors (Lipinski definition) is 3. The zero-order valence-electron chi connectivity index (χ0n) is 7.80. The Kier molecular flexibility index (Phi) is 3.72. The van der Waals surface area contributed by atoms with Gasteiger partial charge in [0.2, 0.25) is 0 Å². The van der Waals surface area contributed by atoms with Crippen molar-refractivity contribution in [1.82, 2.24) is 4.98 Å². The molecule has 0 saturated carbocycles. The fourth-order valence-electron chi connectivity index (χ4n) is 1.09. The molecular weight excluding hydrogens is 223 g/mol. The van der Waals surface area contributed by atoms with Gasteiger partial charge in [-0.05, 0) is 17.7 Å². The Morgan fingerprint density at radius 1 is 1.43 bits per heavy atom. The third kappa shape index (κ3) is 2.36. The van der Waals surface area contributed by atoms with Gasteiger partial charge < -0.3 is 10.8 Å². The van der Waals surface area contributed by atoms with Crippen LogP contribution in [0.3, 0.4) is 0 Å². The summed E-state index contributed by atoms with van der Waals surface area (Å²) in [5, 5.41) is 9.85. The molecular formula is C9H12Cl2N2O. The molecule has 0 saturated heterocycles. The minimum atomic E-state index is -0.518. The minimum absolute atomic E-state index is 0.0554. The van der Waals surface area contributed by atoms with Crippen molar-refractivity contribution in [2.45, 2.75) is 12.3 Å². The van der Waals surface area contributed by atoms with Crippen LogP contribution < -0.4 is 5.73 Å². The molecule has 3 nitrogen and oxygen atoms in total. The first-order chi connectivity index (χ1) is 6.51. The number of nitrogens with zero attached hydrogens (tertiary/aromatic N) is 1. The summed E-state index contributed by atoms with van der Waals surface area (Å²) in [4.78, 5) is 3.82. The molecule has 0 fully saturated rings. The third-order valence-electron chi connectivity index (χ3n) is 2.26. The molecule has 1 aromatic heterocycles. The minimum Gasteiger partial charge on any atom is -0.395 e. The summed E-state index contributed by atoms with van der Waals surface area (Å²) < 4.78 is 0. The van der Waals surface area contributed by atoms with Crippen LogP contribution in [0.2, 0.25) is 10.3 Å². The molecule has 1 atom stereocenters. The molecule has 78 valence electrons. The summed E-state index contributed by atoms with van der Waals surface area (Å²) in [7, 11) is 0. The maximum absolute atomic E-state index is 9.23. The van der Waals surface area contributed by atoms with E-state index in [0.29, 0.717) is 16.9 Å². The molecule has 0 spiro atoms. The Bertz CT molecular complexity index is 306. The molecule has 1 heterocycles. The number of aliphatic hydroxyl groups is 1. The second-order valence-corrected chi connectivity index (χ2v) is 4.20. The fourth-order valence-corrected chi connectivity index (χ4v) is 1.55. The molecule has 0 radical (unpaired) electrons. The van der Waals surface area contributed by atoms with E-state index in [1.807, 2.05) is 6.92 Å². The maximum atomic E-state index is 9.23. The topological polar surface area (TPSA) is 59.1 Å². The van der Waals surface area contributed by atoms with Crippen LogP contribution in [-0.4, -0.2) is 23.2 Å². The molecule has 0 aliphatic rings. The van der Waals surface area contributed by atoms with E-state index < -0.39 is 5.41 Å². The van der Waals surface area contributed by atoms with Gasteiger partial charge in [0.15, 0.2) is 0 Å². The van der Waals surface area contributed by atoms with E-state index in [9.17, 15) is 5.11 Å². The van der Waals surface area contributed by atoms with E-state index in [-0.39, 0.29) is 6.61 Å². The Morgan fingerprint density at radius 2 is 1.93 bits per heavy atom. The molecule has 1 unspecified atom stereocenters. The second-order valence-electron chi connectivity index (χ2n) is 3.42. The first kappa shape index (κ1) is 11.7. The van der Waals surface area contributed by atoms with E-state index in [1.54, 1.807) is 12.1 Å².